The lowest BCUT2D eigenvalue weighted by Gasteiger charge is -2.08. The number of hydrogen-bond donors (Lipinski definition) is 3. The van der Waals surface area contributed by atoms with Crippen LogP contribution in [-0.4, -0.2) is 26.0 Å². The van der Waals surface area contributed by atoms with Crippen LogP contribution in [0, 0.1) is 0 Å². The van der Waals surface area contributed by atoms with Gasteiger partial charge in [0.2, 0.25) is 5.91 Å². The lowest BCUT2D eigenvalue weighted by molar-refractivity contribution is -0.115. The summed E-state index contributed by atoms with van der Waals surface area (Å²) in [5.74, 6) is -1.79. The van der Waals surface area contributed by atoms with E-state index in [9.17, 15) is 14.7 Å². The van der Waals surface area contributed by atoms with E-state index in [2.05, 4.69) is 5.32 Å². The van der Waals surface area contributed by atoms with Crippen molar-refractivity contribution in [2.24, 2.45) is 0 Å². The van der Waals surface area contributed by atoms with Crippen molar-refractivity contribution < 1.29 is 19.8 Å². The van der Waals surface area contributed by atoms with Gasteiger partial charge in [-0.25, -0.2) is 4.79 Å². The largest absolute Gasteiger partial charge is 0.507 e. The fourth-order valence-electron chi connectivity index (χ4n) is 1.03. The number of rotatable bonds is 3. The molecular formula is C10H10INO4. The summed E-state index contributed by atoms with van der Waals surface area (Å²) in [5.41, 5.74) is 0.177. The number of anilines is 1. The van der Waals surface area contributed by atoms with Crippen LogP contribution in [0.5, 0.6) is 5.75 Å². The molecule has 1 amide bonds. The Morgan fingerprint density at radius 3 is 2.50 bits per heavy atom. The zero-order chi connectivity index (χ0) is 12.3. The van der Waals surface area contributed by atoms with Gasteiger partial charge in [0, 0.05) is 11.8 Å². The molecule has 5 nitrogen and oxygen atoms in total. The molecule has 0 heterocycles. The minimum atomic E-state index is -1.21. The van der Waals surface area contributed by atoms with Crippen molar-refractivity contribution in [1.29, 1.82) is 0 Å². The van der Waals surface area contributed by atoms with Gasteiger partial charge >= 0.3 is 5.97 Å². The normalized spacial score (nSPS) is 11.9. The number of carboxylic acid groups (broad SMARTS) is 1. The van der Waals surface area contributed by atoms with E-state index < -0.39 is 5.97 Å². The van der Waals surface area contributed by atoms with Gasteiger partial charge in [0.15, 0.2) is 0 Å². The van der Waals surface area contributed by atoms with Crippen LogP contribution in [0.25, 0.3) is 0 Å². The maximum atomic E-state index is 11.3. The predicted octanol–water partition coefficient (Wildman–Crippen LogP) is 1.85. The Hall–Kier alpha value is -1.31. The fraction of sp³-hybridized carbons (Fsp3) is 0.200. The highest BCUT2D eigenvalue weighted by molar-refractivity contribution is 14.1. The van der Waals surface area contributed by atoms with Crippen LogP contribution < -0.4 is 5.32 Å². The van der Waals surface area contributed by atoms with Crippen molar-refractivity contribution >= 4 is 40.2 Å². The summed E-state index contributed by atoms with van der Waals surface area (Å²) in [6.45, 7) is 1.72. The first-order valence-electron chi connectivity index (χ1n) is 4.43. The Bertz CT molecular complexity index is 431. The Balaban J connectivity index is 2.90. The molecule has 1 aromatic carbocycles. The molecule has 0 saturated heterocycles. The number of benzene rings is 1. The molecule has 16 heavy (non-hydrogen) atoms. The van der Waals surface area contributed by atoms with Crippen LogP contribution in [0.1, 0.15) is 17.3 Å². The van der Waals surface area contributed by atoms with Gasteiger partial charge in [0.05, 0.1) is 3.92 Å². The number of carbonyl (C=O) groups is 2. The molecule has 0 aromatic heterocycles. The molecule has 0 saturated carbocycles. The molecule has 0 bridgehead atoms. The smallest absolute Gasteiger partial charge is 0.339 e. The summed E-state index contributed by atoms with van der Waals surface area (Å²) in [4.78, 5) is 21.9. The average molecular weight is 335 g/mol. The Morgan fingerprint density at radius 1 is 1.44 bits per heavy atom. The van der Waals surface area contributed by atoms with Crippen LogP contribution in [0.3, 0.4) is 0 Å². The van der Waals surface area contributed by atoms with Crippen molar-refractivity contribution in [3.63, 3.8) is 0 Å². The van der Waals surface area contributed by atoms with E-state index in [0.717, 1.165) is 0 Å². The van der Waals surface area contributed by atoms with E-state index >= 15 is 0 Å². The Morgan fingerprint density at radius 2 is 2.06 bits per heavy atom. The molecule has 0 aliphatic rings. The summed E-state index contributed by atoms with van der Waals surface area (Å²) in [5, 5.41) is 20.6. The maximum absolute atomic E-state index is 11.3. The van der Waals surface area contributed by atoms with Gasteiger partial charge < -0.3 is 15.5 Å². The first-order valence-corrected chi connectivity index (χ1v) is 5.67. The summed E-state index contributed by atoms with van der Waals surface area (Å²) in [6.07, 6.45) is 0. The third-order valence-corrected chi connectivity index (χ3v) is 2.42. The zero-order valence-corrected chi connectivity index (χ0v) is 10.6. The molecule has 3 N–H and O–H groups in total. The van der Waals surface area contributed by atoms with Gasteiger partial charge in [0.25, 0.3) is 0 Å². The molecule has 0 aliphatic carbocycles. The van der Waals surface area contributed by atoms with Crippen LogP contribution in [0.2, 0.25) is 0 Å². The van der Waals surface area contributed by atoms with Crippen molar-refractivity contribution in [2.75, 3.05) is 5.32 Å². The average Bonchev–Trinajstić information content (AvgIpc) is 2.16. The fourth-order valence-corrected chi connectivity index (χ4v) is 1.19. The molecule has 86 valence electrons. The Kier molecular flexibility index (Phi) is 4.11. The number of alkyl halides is 1. The minimum absolute atomic E-state index is 0.194. The monoisotopic (exact) mass is 335 g/mol. The number of hydrogen-bond acceptors (Lipinski definition) is 3. The number of aromatic hydroxyl groups is 1. The second-order valence-corrected chi connectivity index (χ2v) is 5.01. The standard InChI is InChI=1S/C10H10INO4/c1-5(11)9(14)12-6-2-3-7(10(15)16)8(13)4-6/h2-5,13H,1H3,(H,12,14)(H,15,16)/t5-/m0/s1. The molecular weight excluding hydrogens is 325 g/mol. The van der Waals surface area contributed by atoms with E-state index in [0.29, 0.717) is 5.69 Å². The molecule has 1 atom stereocenters. The minimum Gasteiger partial charge on any atom is -0.507 e. The van der Waals surface area contributed by atoms with Crippen LogP contribution in [0.4, 0.5) is 5.69 Å². The lowest BCUT2D eigenvalue weighted by Crippen LogP contribution is -2.19. The number of aromatic carboxylic acids is 1. The number of nitrogens with one attached hydrogen (secondary N) is 1. The molecule has 0 aliphatic heterocycles. The molecule has 0 fully saturated rings. The summed E-state index contributed by atoms with van der Waals surface area (Å²) < 4.78 is -0.209. The third kappa shape index (κ3) is 3.09. The highest BCUT2D eigenvalue weighted by Gasteiger charge is 2.12. The van der Waals surface area contributed by atoms with E-state index in [1.54, 1.807) is 6.92 Å². The number of phenols is 1. The zero-order valence-electron chi connectivity index (χ0n) is 8.40. The van der Waals surface area contributed by atoms with Gasteiger partial charge in [-0.3, -0.25) is 4.79 Å². The first kappa shape index (κ1) is 12.8. The number of carbonyl (C=O) groups excluding carboxylic acids is 1. The van der Waals surface area contributed by atoms with E-state index in [4.69, 9.17) is 5.11 Å². The van der Waals surface area contributed by atoms with Gasteiger partial charge in [-0.1, -0.05) is 22.6 Å². The first-order chi connectivity index (χ1) is 7.41. The van der Waals surface area contributed by atoms with E-state index in [-0.39, 0.29) is 21.1 Å². The van der Waals surface area contributed by atoms with Gasteiger partial charge in [0.1, 0.15) is 11.3 Å². The highest BCUT2D eigenvalue weighted by Crippen LogP contribution is 2.22. The summed E-state index contributed by atoms with van der Waals surface area (Å²) in [7, 11) is 0. The molecule has 6 heteroatoms. The van der Waals surface area contributed by atoms with Gasteiger partial charge in [-0.05, 0) is 19.1 Å². The number of carboxylic acids is 1. The molecule has 0 unspecified atom stereocenters. The number of amides is 1. The molecule has 0 radical (unpaired) electrons. The van der Waals surface area contributed by atoms with Crippen LogP contribution >= 0.6 is 22.6 Å². The highest BCUT2D eigenvalue weighted by atomic mass is 127. The summed E-state index contributed by atoms with van der Waals surface area (Å²) >= 11 is 1.95. The van der Waals surface area contributed by atoms with Crippen molar-refractivity contribution in [3.8, 4) is 5.75 Å². The van der Waals surface area contributed by atoms with E-state index in [1.165, 1.54) is 18.2 Å². The van der Waals surface area contributed by atoms with Crippen LogP contribution in [0.15, 0.2) is 18.2 Å². The topological polar surface area (TPSA) is 86.6 Å². The summed E-state index contributed by atoms with van der Waals surface area (Å²) in [6, 6.07) is 3.88. The lowest BCUT2D eigenvalue weighted by atomic mass is 10.2. The number of halogens is 1. The quantitative estimate of drug-likeness (QED) is 0.581. The predicted molar refractivity (Wildman–Crippen MR) is 67.2 cm³/mol. The van der Waals surface area contributed by atoms with Gasteiger partial charge in [-0.2, -0.15) is 0 Å². The third-order valence-electron chi connectivity index (χ3n) is 1.86. The van der Waals surface area contributed by atoms with E-state index in [1.807, 2.05) is 22.6 Å². The molecule has 0 spiro atoms. The Labute approximate surface area is 106 Å². The second kappa shape index (κ2) is 5.15. The second-order valence-electron chi connectivity index (χ2n) is 3.14. The molecule has 1 rings (SSSR count). The maximum Gasteiger partial charge on any atom is 0.339 e. The van der Waals surface area contributed by atoms with Crippen molar-refractivity contribution in [3.05, 3.63) is 23.8 Å². The van der Waals surface area contributed by atoms with Gasteiger partial charge in [-0.15, -0.1) is 0 Å². The van der Waals surface area contributed by atoms with Crippen molar-refractivity contribution in [1.82, 2.24) is 0 Å². The molecule has 1 aromatic rings. The van der Waals surface area contributed by atoms with Crippen LogP contribution in [-0.2, 0) is 4.79 Å². The van der Waals surface area contributed by atoms with Crippen molar-refractivity contribution in [2.45, 2.75) is 10.8 Å². The SMILES string of the molecule is C[C@H](I)C(=O)Nc1ccc(C(=O)O)c(O)c1.